The Morgan fingerprint density at radius 2 is 1.92 bits per heavy atom. The predicted molar refractivity (Wildman–Crippen MR) is 109 cm³/mol. The van der Waals surface area contributed by atoms with Crippen LogP contribution in [0.4, 0.5) is 17.1 Å². The van der Waals surface area contributed by atoms with Crippen molar-refractivity contribution in [2.24, 2.45) is 5.18 Å². The van der Waals surface area contributed by atoms with Crippen LogP contribution in [0, 0.1) is 4.91 Å². The maximum absolute atomic E-state index is 11.2. The first-order valence-electron chi connectivity index (χ1n) is 8.64. The highest BCUT2D eigenvalue weighted by molar-refractivity contribution is 6.31. The molecule has 2 aromatic carbocycles. The SMILES string of the molecule is CCN(CC)Cc1cc(Nc2ccnc3cc(Cl)ccc23)ccc1N=O. The molecular formula is C20H21ClN4O. The summed E-state index contributed by atoms with van der Waals surface area (Å²) in [6, 6.07) is 13.2. The van der Waals surface area contributed by atoms with Crippen molar-refractivity contribution in [3.8, 4) is 0 Å². The van der Waals surface area contributed by atoms with Crippen molar-refractivity contribution < 1.29 is 0 Å². The Kier molecular flexibility index (Phi) is 5.81. The molecule has 134 valence electrons. The Morgan fingerprint density at radius 1 is 1.12 bits per heavy atom. The molecule has 0 radical (unpaired) electrons. The average molecular weight is 369 g/mol. The van der Waals surface area contributed by atoms with Gasteiger partial charge in [0.25, 0.3) is 0 Å². The molecule has 0 unspecified atom stereocenters. The van der Waals surface area contributed by atoms with E-state index in [2.05, 4.69) is 34.2 Å². The summed E-state index contributed by atoms with van der Waals surface area (Å²) in [7, 11) is 0. The van der Waals surface area contributed by atoms with Crippen LogP contribution >= 0.6 is 11.6 Å². The lowest BCUT2D eigenvalue weighted by Crippen LogP contribution is -2.22. The number of pyridine rings is 1. The minimum Gasteiger partial charge on any atom is -0.355 e. The number of nitroso groups, excluding NO2 is 1. The van der Waals surface area contributed by atoms with Crippen molar-refractivity contribution in [1.29, 1.82) is 0 Å². The second kappa shape index (κ2) is 8.25. The topological polar surface area (TPSA) is 57.6 Å². The number of hydrogen-bond donors (Lipinski definition) is 1. The Morgan fingerprint density at radius 3 is 2.65 bits per heavy atom. The molecule has 6 heteroatoms. The van der Waals surface area contributed by atoms with Crippen LogP contribution in [0.2, 0.25) is 5.02 Å². The summed E-state index contributed by atoms with van der Waals surface area (Å²) >= 11 is 6.06. The highest BCUT2D eigenvalue weighted by Gasteiger charge is 2.10. The van der Waals surface area contributed by atoms with Crippen molar-refractivity contribution >= 4 is 39.6 Å². The largest absolute Gasteiger partial charge is 0.355 e. The Balaban J connectivity index is 1.94. The molecule has 3 aromatic rings. The summed E-state index contributed by atoms with van der Waals surface area (Å²) in [5, 5.41) is 8.24. The highest BCUT2D eigenvalue weighted by Crippen LogP contribution is 2.30. The van der Waals surface area contributed by atoms with Crippen LogP contribution in [-0.4, -0.2) is 23.0 Å². The molecule has 0 bridgehead atoms. The van der Waals surface area contributed by atoms with Crippen LogP contribution < -0.4 is 5.32 Å². The zero-order chi connectivity index (χ0) is 18.5. The molecule has 0 fully saturated rings. The predicted octanol–water partition coefficient (Wildman–Crippen LogP) is 5.87. The standard InChI is InChI=1S/C20H21ClN4O/c1-3-25(4-2)13-14-11-16(6-8-18(14)24-26)23-19-9-10-22-20-12-15(21)5-7-17(19)20/h5-12H,3-4,13H2,1-2H3,(H,22,23). The third kappa shape index (κ3) is 4.00. The molecule has 0 amide bonds. The van der Waals surface area contributed by atoms with E-state index in [9.17, 15) is 4.91 Å². The van der Waals surface area contributed by atoms with E-state index >= 15 is 0 Å². The van der Waals surface area contributed by atoms with Gasteiger partial charge in [-0.3, -0.25) is 9.88 Å². The summed E-state index contributed by atoms with van der Waals surface area (Å²) in [6.07, 6.45) is 1.75. The molecule has 1 N–H and O–H groups in total. The molecule has 1 aromatic heterocycles. The van der Waals surface area contributed by atoms with Gasteiger partial charge in [-0.15, -0.1) is 4.91 Å². The maximum atomic E-state index is 11.2. The van der Waals surface area contributed by atoms with Crippen LogP contribution in [0.3, 0.4) is 0 Å². The van der Waals surface area contributed by atoms with E-state index < -0.39 is 0 Å². The van der Waals surface area contributed by atoms with Crippen LogP contribution in [0.1, 0.15) is 19.4 Å². The summed E-state index contributed by atoms with van der Waals surface area (Å²) in [6.45, 7) is 6.74. The first-order valence-corrected chi connectivity index (χ1v) is 9.02. The van der Waals surface area contributed by atoms with Gasteiger partial charge in [0.1, 0.15) is 5.69 Å². The quantitative estimate of drug-likeness (QED) is 0.529. The van der Waals surface area contributed by atoms with E-state index in [-0.39, 0.29) is 0 Å². The van der Waals surface area contributed by atoms with Crippen molar-refractivity contribution in [3.63, 3.8) is 0 Å². The fourth-order valence-corrected chi connectivity index (χ4v) is 3.12. The molecule has 0 aliphatic heterocycles. The van der Waals surface area contributed by atoms with E-state index in [0.717, 1.165) is 40.9 Å². The Labute approximate surface area is 158 Å². The molecule has 1 heterocycles. The van der Waals surface area contributed by atoms with Gasteiger partial charge < -0.3 is 5.32 Å². The molecule has 0 atom stereocenters. The number of fused-ring (bicyclic) bond motifs is 1. The average Bonchev–Trinajstić information content (AvgIpc) is 2.66. The fraction of sp³-hybridized carbons (Fsp3) is 0.250. The smallest absolute Gasteiger partial charge is 0.112 e. The molecule has 3 rings (SSSR count). The first kappa shape index (κ1) is 18.3. The van der Waals surface area contributed by atoms with Crippen LogP contribution in [0.15, 0.2) is 53.8 Å². The minimum absolute atomic E-state index is 0.480. The lowest BCUT2D eigenvalue weighted by atomic mass is 10.1. The molecule has 26 heavy (non-hydrogen) atoms. The van der Waals surface area contributed by atoms with Gasteiger partial charge in [-0.2, -0.15) is 0 Å². The van der Waals surface area contributed by atoms with Gasteiger partial charge >= 0.3 is 0 Å². The number of nitrogens with one attached hydrogen (secondary N) is 1. The van der Waals surface area contributed by atoms with E-state index in [4.69, 9.17) is 11.6 Å². The Hall–Kier alpha value is -2.50. The van der Waals surface area contributed by atoms with Crippen molar-refractivity contribution in [3.05, 3.63) is 64.2 Å². The van der Waals surface area contributed by atoms with Gasteiger partial charge in [0.05, 0.1) is 5.52 Å². The molecule has 0 spiro atoms. The molecular weight excluding hydrogens is 348 g/mol. The summed E-state index contributed by atoms with van der Waals surface area (Å²) in [5.41, 5.74) is 4.07. The van der Waals surface area contributed by atoms with Crippen molar-refractivity contribution in [2.75, 3.05) is 18.4 Å². The zero-order valence-electron chi connectivity index (χ0n) is 14.9. The third-order valence-electron chi connectivity index (χ3n) is 4.45. The van der Waals surface area contributed by atoms with Gasteiger partial charge in [0.15, 0.2) is 0 Å². The second-order valence-corrected chi connectivity index (χ2v) is 6.48. The van der Waals surface area contributed by atoms with E-state index in [1.807, 2.05) is 36.4 Å². The lowest BCUT2D eigenvalue weighted by molar-refractivity contribution is 0.296. The summed E-state index contributed by atoms with van der Waals surface area (Å²) in [5.74, 6) is 0. The van der Waals surface area contributed by atoms with Crippen molar-refractivity contribution in [2.45, 2.75) is 20.4 Å². The van der Waals surface area contributed by atoms with E-state index in [0.29, 0.717) is 17.3 Å². The number of rotatable bonds is 7. The fourth-order valence-electron chi connectivity index (χ4n) is 2.95. The van der Waals surface area contributed by atoms with Crippen molar-refractivity contribution in [1.82, 2.24) is 9.88 Å². The molecule has 0 saturated heterocycles. The van der Waals surface area contributed by atoms with Gasteiger partial charge in [0, 0.05) is 34.5 Å². The number of hydrogen-bond acceptors (Lipinski definition) is 5. The van der Waals surface area contributed by atoms with Crippen LogP contribution in [0.5, 0.6) is 0 Å². The Bertz CT molecular complexity index is 925. The number of benzene rings is 2. The molecule has 5 nitrogen and oxygen atoms in total. The van der Waals surface area contributed by atoms with Gasteiger partial charge in [0.2, 0.25) is 0 Å². The lowest BCUT2D eigenvalue weighted by Gasteiger charge is -2.19. The normalized spacial score (nSPS) is 11.1. The summed E-state index contributed by atoms with van der Waals surface area (Å²) in [4.78, 5) is 17.8. The number of aromatic nitrogens is 1. The number of anilines is 2. The van der Waals surface area contributed by atoms with Gasteiger partial charge in [-0.05, 0) is 66.3 Å². The minimum atomic E-state index is 0.480. The van der Waals surface area contributed by atoms with Gasteiger partial charge in [-0.1, -0.05) is 25.4 Å². The first-order chi connectivity index (χ1) is 12.6. The third-order valence-corrected chi connectivity index (χ3v) is 4.69. The monoisotopic (exact) mass is 368 g/mol. The van der Waals surface area contributed by atoms with Crippen LogP contribution in [-0.2, 0) is 6.54 Å². The molecule has 0 saturated carbocycles. The van der Waals surface area contributed by atoms with Crippen LogP contribution in [0.25, 0.3) is 10.9 Å². The molecule has 0 aliphatic rings. The highest BCUT2D eigenvalue weighted by atomic mass is 35.5. The van der Waals surface area contributed by atoms with E-state index in [1.165, 1.54) is 0 Å². The summed E-state index contributed by atoms with van der Waals surface area (Å²) < 4.78 is 0. The number of nitrogens with zero attached hydrogens (tertiary/aromatic N) is 3. The number of halogens is 1. The maximum Gasteiger partial charge on any atom is 0.112 e. The zero-order valence-corrected chi connectivity index (χ0v) is 15.6. The van der Waals surface area contributed by atoms with E-state index in [1.54, 1.807) is 12.3 Å². The molecule has 0 aliphatic carbocycles. The van der Waals surface area contributed by atoms with Gasteiger partial charge in [-0.25, -0.2) is 0 Å². The second-order valence-electron chi connectivity index (χ2n) is 6.04.